The van der Waals surface area contributed by atoms with Crippen LogP contribution >= 0.6 is 33.9 Å². The van der Waals surface area contributed by atoms with E-state index >= 15 is 0 Å². The summed E-state index contributed by atoms with van der Waals surface area (Å²) >= 11 is 3.64. The number of nitrogens with one attached hydrogen (secondary N) is 1. The Morgan fingerprint density at radius 2 is 2.20 bits per heavy atom. The molecule has 15 heavy (non-hydrogen) atoms. The highest BCUT2D eigenvalue weighted by molar-refractivity contribution is 14.1. The first-order chi connectivity index (χ1) is 7.03. The standard InChI is InChI=1S/C9H9IN2O2S/c10-6-3-5(4-15-6)7(13)12-9(1-2-9)8(11)14/h3-4H,1-2H2,(H2,11,14)(H,12,13). The number of rotatable bonds is 3. The summed E-state index contributed by atoms with van der Waals surface area (Å²) in [7, 11) is 0. The van der Waals surface area contributed by atoms with Crippen molar-refractivity contribution in [1.82, 2.24) is 5.32 Å². The molecule has 0 aromatic carbocycles. The highest BCUT2D eigenvalue weighted by Gasteiger charge is 2.49. The Kier molecular flexibility index (Phi) is 2.72. The first-order valence-electron chi connectivity index (χ1n) is 4.40. The van der Waals surface area contributed by atoms with Gasteiger partial charge in [0.1, 0.15) is 5.54 Å². The van der Waals surface area contributed by atoms with Crippen LogP contribution in [0.1, 0.15) is 23.2 Å². The number of thiophene rings is 1. The lowest BCUT2D eigenvalue weighted by Gasteiger charge is -2.12. The Bertz CT molecular complexity index is 426. The minimum absolute atomic E-state index is 0.217. The van der Waals surface area contributed by atoms with Gasteiger partial charge in [0, 0.05) is 5.38 Å². The van der Waals surface area contributed by atoms with Gasteiger partial charge in [0.25, 0.3) is 5.91 Å². The van der Waals surface area contributed by atoms with E-state index in [0.717, 1.165) is 2.88 Å². The molecule has 0 atom stereocenters. The summed E-state index contributed by atoms with van der Waals surface area (Å²) in [4.78, 5) is 22.8. The number of carbonyl (C=O) groups excluding carboxylic acids is 2. The van der Waals surface area contributed by atoms with E-state index in [1.807, 2.05) is 0 Å². The molecule has 0 spiro atoms. The van der Waals surface area contributed by atoms with Gasteiger partial charge in [-0.2, -0.15) is 0 Å². The second-order valence-corrected chi connectivity index (χ2v) is 6.35. The number of halogens is 1. The molecule has 1 aromatic rings. The molecular weight excluding hydrogens is 327 g/mol. The average Bonchev–Trinajstić information content (AvgIpc) is 2.82. The van der Waals surface area contributed by atoms with Crippen LogP contribution in [-0.2, 0) is 4.79 Å². The fourth-order valence-electron chi connectivity index (χ4n) is 1.28. The normalized spacial score (nSPS) is 17.1. The van der Waals surface area contributed by atoms with Crippen molar-refractivity contribution in [3.8, 4) is 0 Å². The third kappa shape index (κ3) is 2.15. The molecule has 3 N–H and O–H groups in total. The van der Waals surface area contributed by atoms with Crippen LogP contribution in [0.5, 0.6) is 0 Å². The third-order valence-corrected chi connectivity index (χ3v) is 4.19. The lowest BCUT2D eigenvalue weighted by molar-refractivity contribution is -0.120. The topological polar surface area (TPSA) is 72.2 Å². The number of nitrogens with two attached hydrogens (primary N) is 1. The first-order valence-corrected chi connectivity index (χ1v) is 6.36. The fraction of sp³-hybridized carbons (Fsp3) is 0.333. The van der Waals surface area contributed by atoms with Crippen molar-refractivity contribution >= 4 is 45.7 Å². The summed E-state index contributed by atoms with van der Waals surface area (Å²) in [5.41, 5.74) is 5.03. The van der Waals surface area contributed by atoms with Gasteiger partial charge in [-0.1, -0.05) is 0 Å². The number of hydrogen-bond donors (Lipinski definition) is 2. The van der Waals surface area contributed by atoms with E-state index in [1.54, 1.807) is 11.4 Å². The second-order valence-electron chi connectivity index (χ2n) is 3.54. The molecule has 80 valence electrons. The SMILES string of the molecule is NC(=O)C1(NC(=O)c2csc(I)c2)CC1. The fourth-order valence-corrected chi connectivity index (χ4v) is 2.60. The molecule has 0 unspecified atom stereocenters. The maximum absolute atomic E-state index is 11.7. The maximum Gasteiger partial charge on any atom is 0.253 e. The van der Waals surface area contributed by atoms with Crippen molar-refractivity contribution in [3.63, 3.8) is 0 Å². The van der Waals surface area contributed by atoms with Gasteiger partial charge in [-0.15, -0.1) is 11.3 Å². The summed E-state index contributed by atoms with van der Waals surface area (Å²) < 4.78 is 1.04. The average molecular weight is 336 g/mol. The monoisotopic (exact) mass is 336 g/mol. The molecule has 0 aliphatic heterocycles. The smallest absolute Gasteiger partial charge is 0.253 e. The Morgan fingerprint density at radius 3 is 2.60 bits per heavy atom. The molecular formula is C9H9IN2O2S. The van der Waals surface area contributed by atoms with E-state index in [9.17, 15) is 9.59 Å². The van der Waals surface area contributed by atoms with Crippen molar-refractivity contribution in [2.24, 2.45) is 5.73 Å². The van der Waals surface area contributed by atoms with E-state index < -0.39 is 11.4 Å². The van der Waals surface area contributed by atoms with Crippen LogP contribution in [-0.4, -0.2) is 17.4 Å². The Morgan fingerprint density at radius 1 is 1.53 bits per heavy atom. The Hall–Kier alpha value is -0.630. The molecule has 4 nitrogen and oxygen atoms in total. The molecule has 0 saturated heterocycles. The Balaban J connectivity index is 2.08. The first kappa shape index (κ1) is 10.9. The van der Waals surface area contributed by atoms with E-state index in [-0.39, 0.29) is 5.91 Å². The van der Waals surface area contributed by atoms with E-state index in [1.165, 1.54) is 11.3 Å². The van der Waals surface area contributed by atoms with E-state index in [2.05, 4.69) is 27.9 Å². The number of hydrogen-bond acceptors (Lipinski definition) is 3. The van der Waals surface area contributed by atoms with Gasteiger partial charge in [-0.3, -0.25) is 9.59 Å². The molecule has 1 saturated carbocycles. The van der Waals surface area contributed by atoms with Crippen molar-refractivity contribution in [1.29, 1.82) is 0 Å². The highest BCUT2D eigenvalue weighted by Crippen LogP contribution is 2.35. The van der Waals surface area contributed by atoms with E-state index in [4.69, 9.17) is 5.73 Å². The van der Waals surface area contributed by atoms with Crippen molar-refractivity contribution in [2.75, 3.05) is 0 Å². The summed E-state index contributed by atoms with van der Waals surface area (Å²) in [6.45, 7) is 0. The van der Waals surface area contributed by atoms with Gasteiger partial charge in [0.2, 0.25) is 5.91 Å². The molecule has 1 fully saturated rings. The molecule has 0 radical (unpaired) electrons. The van der Waals surface area contributed by atoms with Crippen molar-refractivity contribution in [3.05, 3.63) is 19.9 Å². The third-order valence-electron chi connectivity index (χ3n) is 2.40. The molecule has 2 rings (SSSR count). The summed E-state index contributed by atoms with van der Waals surface area (Å²) in [6.07, 6.45) is 1.30. The van der Waals surface area contributed by atoms with Crippen LogP contribution in [0.4, 0.5) is 0 Å². The van der Waals surface area contributed by atoms with Crippen LogP contribution in [0.3, 0.4) is 0 Å². The van der Waals surface area contributed by atoms with Gasteiger partial charge in [0.15, 0.2) is 0 Å². The zero-order valence-corrected chi connectivity index (χ0v) is 10.7. The van der Waals surface area contributed by atoms with Gasteiger partial charge in [0.05, 0.1) is 8.45 Å². The second kappa shape index (κ2) is 3.75. The predicted octanol–water partition coefficient (Wildman–Crippen LogP) is 1.10. The minimum atomic E-state index is -0.773. The van der Waals surface area contributed by atoms with Gasteiger partial charge in [-0.25, -0.2) is 0 Å². The molecule has 1 aromatic heterocycles. The zero-order valence-electron chi connectivity index (χ0n) is 7.75. The number of amides is 2. The predicted molar refractivity (Wildman–Crippen MR) is 65.7 cm³/mol. The highest BCUT2D eigenvalue weighted by atomic mass is 127. The van der Waals surface area contributed by atoms with Gasteiger partial charge in [-0.05, 0) is 41.5 Å². The van der Waals surface area contributed by atoms with Gasteiger partial charge >= 0.3 is 0 Å². The summed E-state index contributed by atoms with van der Waals surface area (Å²) in [5.74, 6) is -0.661. The van der Waals surface area contributed by atoms with Crippen molar-refractivity contribution in [2.45, 2.75) is 18.4 Å². The number of primary amides is 1. The van der Waals surface area contributed by atoms with Crippen LogP contribution in [0.2, 0.25) is 0 Å². The maximum atomic E-state index is 11.7. The quantitative estimate of drug-likeness (QED) is 0.812. The van der Waals surface area contributed by atoms with Crippen LogP contribution < -0.4 is 11.1 Å². The molecule has 2 amide bonds. The number of carbonyl (C=O) groups is 2. The molecule has 1 heterocycles. The minimum Gasteiger partial charge on any atom is -0.368 e. The summed E-state index contributed by atoms with van der Waals surface area (Å²) in [5, 5.41) is 4.46. The van der Waals surface area contributed by atoms with Crippen LogP contribution in [0.25, 0.3) is 0 Å². The molecule has 0 bridgehead atoms. The largest absolute Gasteiger partial charge is 0.368 e. The summed E-state index contributed by atoms with van der Waals surface area (Å²) in [6, 6.07) is 1.79. The molecule has 6 heteroatoms. The lowest BCUT2D eigenvalue weighted by Crippen LogP contribution is -2.46. The molecule has 1 aliphatic carbocycles. The van der Waals surface area contributed by atoms with Crippen LogP contribution in [0.15, 0.2) is 11.4 Å². The molecule has 1 aliphatic rings. The van der Waals surface area contributed by atoms with Gasteiger partial charge < -0.3 is 11.1 Å². The van der Waals surface area contributed by atoms with Crippen molar-refractivity contribution < 1.29 is 9.59 Å². The van der Waals surface area contributed by atoms with Crippen LogP contribution in [0, 0.1) is 2.88 Å². The Labute approximate surface area is 104 Å². The zero-order chi connectivity index (χ0) is 11.1. The van der Waals surface area contributed by atoms with E-state index in [0.29, 0.717) is 18.4 Å². The lowest BCUT2D eigenvalue weighted by atomic mass is 10.2.